The summed E-state index contributed by atoms with van der Waals surface area (Å²) in [4.78, 5) is 25.5. The third kappa shape index (κ3) is 6.17. The standard InChI is InChI=1S/C23H26N4O5S/c28-22(29)16-26-8-7-18-5-6-21(13-20(18)15-26)25-23(30)19-3-1-17(2-4-19)14-24-27-9-11-33(31,32)12-10-27/h1-6,13-14H,7-12,15-16H2,(H,25,30)(H,28,29). The number of hydrogen-bond donors (Lipinski definition) is 2. The zero-order valence-corrected chi connectivity index (χ0v) is 18.9. The Kier molecular flexibility index (Phi) is 6.75. The van der Waals surface area contributed by atoms with E-state index in [1.54, 1.807) is 35.5 Å². The van der Waals surface area contributed by atoms with E-state index in [2.05, 4.69) is 10.4 Å². The quantitative estimate of drug-likeness (QED) is 0.613. The van der Waals surface area contributed by atoms with E-state index in [9.17, 15) is 18.0 Å². The number of aliphatic carboxylic acids is 1. The third-order valence-electron chi connectivity index (χ3n) is 5.78. The van der Waals surface area contributed by atoms with Crippen molar-refractivity contribution in [2.24, 2.45) is 5.10 Å². The summed E-state index contributed by atoms with van der Waals surface area (Å²) in [7, 11) is -2.94. The van der Waals surface area contributed by atoms with Crippen molar-refractivity contribution in [3.8, 4) is 0 Å². The predicted octanol–water partition coefficient (Wildman–Crippen LogP) is 1.45. The van der Waals surface area contributed by atoms with Crippen molar-refractivity contribution in [3.63, 3.8) is 0 Å². The molecule has 0 aromatic heterocycles. The van der Waals surface area contributed by atoms with E-state index in [0.717, 1.165) is 17.5 Å². The number of anilines is 1. The molecule has 0 radical (unpaired) electrons. The fourth-order valence-electron chi connectivity index (χ4n) is 3.91. The van der Waals surface area contributed by atoms with E-state index in [1.807, 2.05) is 23.1 Å². The number of nitrogens with zero attached hydrogens (tertiary/aromatic N) is 3. The number of carbonyl (C=O) groups excluding carboxylic acids is 1. The van der Waals surface area contributed by atoms with Gasteiger partial charge in [-0.25, -0.2) is 8.42 Å². The number of fused-ring (bicyclic) bond motifs is 1. The molecule has 2 aliphatic heterocycles. The highest BCUT2D eigenvalue weighted by Crippen LogP contribution is 2.23. The first-order valence-electron chi connectivity index (χ1n) is 10.7. The molecule has 33 heavy (non-hydrogen) atoms. The number of rotatable bonds is 6. The van der Waals surface area contributed by atoms with Crippen molar-refractivity contribution in [1.29, 1.82) is 0 Å². The lowest BCUT2D eigenvalue weighted by atomic mass is 9.99. The van der Waals surface area contributed by atoms with Crippen LogP contribution in [0.15, 0.2) is 47.6 Å². The topological polar surface area (TPSA) is 119 Å². The second-order valence-electron chi connectivity index (χ2n) is 8.26. The van der Waals surface area contributed by atoms with Gasteiger partial charge >= 0.3 is 5.97 Å². The molecule has 174 valence electrons. The van der Waals surface area contributed by atoms with E-state index in [0.29, 0.717) is 37.4 Å². The van der Waals surface area contributed by atoms with Gasteiger partial charge in [0.05, 0.1) is 37.4 Å². The molecule has 1 saturated heterocycles. The zero-order chi connectivity index (χ0) is 23.4. The monoisotopic (exact) mass is 470 g/mol. The number of hydrazone groups is 1. The maximum atomic E-state index is 12.7. The molecule has 0 bridgehead atoms. The summed E-state index contributed by atoms with van der Waals surface area (Å²) >= 11 is 0. The van der Waals surface area contributed by atoms with Gasteiger partial charge in [-0.05, 0) is 47.4 Å². The van der Waals surface area contributed by atoms with Gasteiger partial charge in [0.2, 0.25) is 0 Å². The van der Waals surface area contributed by atoms with Gasteiger partial charge < -0.3 is 10.4 Å². The van der Waals surface area contributed by atoms with Crippen molar-refractivity contribution < 1.29 is 23.1 Å². The Labute approximate surface area is 192 Å². The Bertz CT molecular complexity index is 1160. The van der Waals surface area contributed by atoms with Gasteiger partial charge in [-0.3, -0.25) is 19.5 Å². The Morgan fingerprint density at radius 3 is 2.45 bits per heavy atom. The smallest absolute Gasteiger partial charge is 0.317 e. The molecule has 4 rings (SSSR count). The van der Waals surface area contributed by atoms with Gasteiger partial charge in [0, 0.05) is 24.3 Å². The Morgan fingerprint density at radius 2 is 1.76 bits per heavy atom. The number of nitrogens with one attached hydrogen (secondary N) is 1. The van der Waals surface area contributed by atoms with Crippen LogP contribution in [0.25, 0.3) is 0 Å². The van der Waals surface area contributed by atoms with Gasteiger partial charge in [0.15, 0.2) is 9.84 Å². The summed E-state index contributed by atoms with van der Waals surface area (Å²) in [5.41, 5.74) is 4.18. The molecular formula is C23H26N4O5S. The molecule has 0 spiro atoms. The van der Waals surface area contributed by atoms with Crippen LogP contribution in [-0.4, -0.2) is 79.2 Å². The Morgan fingerprint density at radius 1 is 1.03 bits per heavy atom. The van der Waals surface area contributed by atoms with E-state index in [4.69, 9.17) is 5.11 Å². The second-order valence-corrected chi connectivity index (χ2v) is 10.6. The van der Waals surface area contributed by atoms with Crippen molar-refractivity contribution in [2.45, 2.75) is 13.0 Å². The van der Waals surface area contributed by atoms with Crippen LogP contribution in [0.5, 0.6) is 0 Å². The molecule has 1 fully saturated rings. The summed E-state index contributed by atoms with van der Waals surface area (Å²) in [5, 5.41) is 18.0. The molecule has 0 aliphatic carbocycles. The molecule has 9 nitrogen and oxygen atoms in total. The minimum Gasteiger partial charge on any atom is -0.480 e. The average Bonchev–Trinajstić information content (AvgIpc) is 2.78. The second kappa shape index (κ2) is 9.72. The maximum absolute atomic E-state index is 12.7. The largest absolute Gasteiger partial charge is 0.480 e. The zero-order valence-electron chi connectivity index (χ0n) is 18.1. The lowest BCUT2D eigenvalue weighted by Gasteiger charge is -2.27. The average molecular weight is 471 g/mol. The minimum absolute atomic E-state index is 0.00252. The predicted molar refractivity (Wildman–Crippen MR) is 125 cm³/mol. The van der Waals surface area contributed by atoms with Gasteiger partial charge in [0.25, 0.3) is 5.91 Å². The summed E-state index contributed by atoms with van der Waals surface area (Å²) in [6.45, 7) is 2.02. The maximum Gasteiger partial charge on any atom is 0.317 e. The van der Waals surface area contributed by atoms with Crippen LogP contribution >= 0.6 is 0 Å². The number of amides is 1. The van der Waals surface area contributed by atoms with Crippen LogP contribution in [0.3, 0.4) is 0 Å². The Balaban J connectivity index is 1.35. The highest BCUT2D eigenvalue weighted by atomic mass is 32.2. The van der Waals surface area contributed by atoms with Crippen molar-refractivity contribution >= 4 is 33.6 Å². The van der Waals surface area contributed by atoms with Crippen LogP contribution in [0.4, 0.5) is 5.69 Å². The molecule has 0 atom stereocenters. The number of hydrogen-bond acceptors (Lipinski definition) is 7. The van der Waals surface area contributed by atoms with Gasteiger partial charge in [-0.1, -0.05) is 18.2 Å². The molecule has 10 heteroatoms. The minimum atomic E-state index is -2.94. The molecule has 2 aliphatic rings. The molecule has 1 amide bonds. The molecule has 2 aromatic rings. The summed E-state index contributed by atoms with van der Waals surface area (Å²) in [6.07, 6.45) is 2.44. The fraction of sp³-hybridized carbons (Fsp3) is 0.348. The van der Waals surface area contributed by atoms with E-state index in [1.165, 1.54) is 5.56 Å². The summed E-state index contributed by atoms with van der Waals surface area (Å²) in [6, 6.07) is 12.7. The number of carboxylic acid groups (broad SMARTS) is 1. The lowest BCUT2D eigenvalue weighted by Crippen LogP contribution is -2.37. The normalized spacial score (nSPS) is 18.1. The van der Waals surface area contributed by atoms with Crippen LogP contribution in [0.1, 0.15) is 27.0 Å². The van der Waals surface area contributed by atoms with Crippen molar-refractivity contribution in [3.05, 3.63) is 64.7 Å². The SMILES string of the molecule is O=C(O)CN1CCc2ccc(NC(=O)c3ccc(C=NN4CCS(=O)(=O)CC4)cc3)cc2C1. The Hall–Kier alpha value is -3.24. The fourth-order valence-corrected chi connectivity index (χ4v) is 5.09. The third-order valence-corrected chi connectivity index (χ3v) is 7.39. The summed E-state index contributed by atoms with van der Waals surface area (Å²) in [5.74, 6) is -0.855. The van der Waals surface area contributed by atoms with E-state index in [-0.39, 0.29) is 24.0 Å². The van der Waals surface area contributed by atoms with Gasteiger partial charge in [0.1, 0.15) is 0 Å². The highest BCUT2D eigenvalue weighted by Gasteiger charge is 2.20. The first-order valence-corrected chi connectivity index (χ1v) is 12.6. The van der Waals surface area contributed by atoms with E-state index < -0.39 is 15.8 Å². The van der Waals surface area contributed by atoms with Crippen LogP contribution in [0.2, 0.25) is 0 Å². The lowest BCUT2D eigenvalue weighted by molar-refractivity contribution is -0.138. The van der Waals surface area contributed by atoms with Crippen LogP contribution < -0.4 is 5.32 Å². The first-order chi connectivity index (χ1) is 15.8. The highest BCUT2D eigenvalue weighted by molar-refractivity contribution is 7.91. The van der Waals surface area contributed by atoms with Gasteiger partial charge in [-0.15, -0.1) is 0 Å². The first kappa shape index (κ1) is 22.9. The summed E-state index contributed by atoms with van der Waals surface area (Å²) < 4.78 is 23.0. The van der Waals surface area contributed by atoms with E-state index >= 15 is 0 Å². The number of carboxylic acids is 1. The van der Waals surface area contributed by atoms with Crippen LogP contribution in [0, 0.1) is 0 Å². The molecule has 2 heterocycles. The molecule has 2 aromatic carbocycles. The molecule has 2 N–H and O–H groups in total. The molecule has 0 saturated carbocycles. The number of benzene rings is 2. The molecule has 0 unspecified atom stereocenters. The van der Waals surface area contributed by atoms with Crippen molar-refractivity contribution in [2.75, 3.05) is 43.0 Å². The van der Waals surface area contributed by atoms with Gasteiger partial charge in [-0.2, -0.15) is 5.10 Å². The number of sulfone groups is 1. The number of carbonyl (C=O) groups is 2. The molecular weight excluding hydrogens is 444 g/mol. The van der Waals surface area contributed by atoms with Crippen LogP contribution in [-0.2, 0) is 27.6 Å². The van der Waals surface area contributed by atoms with Crippen molar-refractivity contribution in [1.82, 2.24) is 9.91 Å².